The highest BCUT2D eigenvalue weighted by molar-refractivity contribution is 6.09. The summed E-state index contributed by atoms with van der Waals surface area (Å²) in [5, 5.41) is 2.89. The molecule has 0 bridgehead atoms. The Morgan fingerprint density at radius 3 is 2.41 bits per heavy atom. The summed E-state index contributed by atoms with van der Waals surface area (Å²) >= 11 is 0. The number of carbonyl (C=O) groups excluding carboxylic acids is 2. The summed E-state index contributed by atoms with van der Waals surface area (Å²) in [6.07, 6.45) is 2.62. The summed E-state index contributed by atoms with van der Waals surface area (Å²) in [5.74, 6) is -0.252. The number of benzene rings is 2. The van der Waals surface area contributed by atoms with E-state index in [1.807, 2.05) is 35.2 Å². The van der Waals surface area contributed by atoms with Gasteiger partial charge in [0.15, 0.2) is 0 Å². The molecule has 0 radical (unpaired) electrons. The lowest BCUT2D eigenvalue weighted by molar-refractivity contribution is 0.0433. The molecule has 6 nitrogen and oxygen atoms in total. The van der Waals surface area contributed by atoms with Crippen molar-refractivity contribution in [2.45, 2.75) is 18.9 Å². The van der Waals surface area contributed by atoms with Gasteiger partial charge in [0.05, 0.1) is 17.4 Å². The zero-order valence-corrected chi connectivity index (χ0v) is 16.5. The first-order valence-corrected chi connectivity index (χ1v) is 10.3. The zero-order chi connectivity index (χ0) is 20.1. The number of ether oxygens (including phenoxy) is 1. The van der Waals surface area contributed by atoms with Crippen molar-refractivity contribution in [3.05, 3.63) is 65.7 Å². The Bertz CT molecular complexity index is 841. The number of anilines is 1. The van der Waals surface area contributed by atoms with Gasteiger partial charge in [0.2, 0.25) is 0 Å². The fourth-order valence-corrected chi connectivity index (χ4v) is 3.94. The fourth-order valence-electron chi connectivity index (χ4n) is 3.94. The number of amides is 2. The Morgan fingerprint density at radius 1 is 0.966 bits per heavy atom. The van der Waals surface area contributed by atoms with Gasteiger partial charge in [-0.05, 0) is 37.1 Å². The summed E-state index contributed by atoms with van der Waals surface area (Å²) in [6, 6.07) is 16.2. The molecule has 2 aliphatic heterocycles. The minimum Gasteiger partial charge on any atom is -0.377 e. The molecule has 2 heterocycles. The van der Waals surface area contributed by atoms with Gasteiger partial charge in [0.1, 0.15) is 0 Å². The number of para-hydroxylation sites is 1. The van der Waals surface area contributed by atoms with Crippen molar-refractivity contribution in [3.63, 3.8) is 0 Å². The zero-order valence-electron chi connectivity index (χ0n) is 16.5. The molecule has 6 heteroatoms. The van der Waals surface area contributed by atoms with E-state index in [0.717, 1.165) is 39.1 Å². The molecule has 1 atom stereocenters. The van der Waals surface area contributed by atoms with E-state index in [4.69, 9.17) is 4.74 Å². The molecule has 2 fully saturated rings. The number of piperazine rings is 1. The van der Waals surface area contributed by atoms with Crippen molar-refractivity contribution in [2.24, 2.45) is 0 Å². The topological polar surface area (TPSA) is 61.9 Å². The fraction of sp³-hybridized carbons (Fsp3) is 0.391. The second-order valence-electron chi connectivity index (χ2n) is 7.59. The maximum atomic E-state index is 13.1. The number of carbonyl (C=O) groups is 2. The maximum absolute atomic E-state index is 13.1. The summed E-state index contributed by atoms with van der Waals surface area (Å²) in [7, 11) is 0. The molecule has 29 heavy (non-hydrogen) atoms. The summed E-state index contributed by atoms with van der Waals surface area (Å²) in [5.41, 5.74) is 1.65. The minimum absolute atomic E-state index is 0.0364. The minimum atomic E-state index is -0.216. The Hall–Kier alpha value is -2.70. The predicted octanol–water partition coefficient (Wildman–Crippen LogP) is 2.88. The van der Waals surface area contributed by atoms with Crippen LogP contribution in [0.2, 0.25) is 0 Å². The van der Waals surface area contributed by atoms with Gasteiger partial charge in [-0.15, -0.1) is 0 Å². The quantitative estimate of drug-likeness (QED) is 0.849. The number of nitrogens with one attached hydrogen (secondary N) is 1. The van der Waals surface area contributed by atoms with Gasteiger partial charge in [-0.2, -0.15) is 0 Å². The molecule has 0 spiro atoms. The van der Waals surface area contributed by atoms with Gasteiger partial charge in [-0.25, -0.2) is 0 Å². The van der Waals surface area contributed by atoms with E-state index in [1.54, 1.807) is 24.3 Å². The number of hydrogen-bond donors (Lipinski definition) is 1. The molecule has 1 N–H and O–H groups in total. The maximum Gasteiger partial charge on any atom is 0.256 e. The second-order valence-corrected chi connectivity index (χ2v) is 7.59. The summed E-state index contributed by atoms with van der Waals surface area (Å²) < 4.78 is 5.73. The van der Waals surface area contributed by atoms with Gasteiger partial charge in [-0.3, -0.25) is 14.5 Å². The average Bonchev–Trinajstić information content (AvgIpc) is 3.28. The van der Waals surface area contributed by atoms with Gasteiger partial charge in [0, 0.05) is 44.9 Å². The first kappa shape index (κ1) is 19.6. The highest BCUT2D eigenvalue weighted by Gasteiger charge is 2.26. The molecule has 2 aliphatic rings. The van der Waals surface area contributed by atoms with Crippen molar-refractivity contribution in [1.82, 2.24) is 9.80 Å². The Labute approximate surface area is 171 Å². The van der Waals surface area contributed by atoms with Crippen molar-refractivity contribution in [2.75, 3.05) is 44.6 Å². The van der Waals surface area contributed by atoms with Crippen LogP contribution in [0.3, 0.4) is 0 Å². The molecule has 152 valence electrons. The molecule has 2 amide bonds. The summed E-state index contributed by atoms with van der Waals surface area (Å²) in [4.78, 5) is 29.9. The van der Waals surface area contributed by atoms with E-state index in [2.05, 4.69) is 10.2 Å². The SMILES string of the molecule is O=C(Nc1ccccc1C(=O)N1CCN(C[C@@H]2CCCO2)CC1)c1ccccc1. The Morgan fingerprint density at radius 2 is 1.69 bits per heavy atom. The molecule has 4 rings (SSSR count). The smallest absolute Gasteiger partial charge is 0.256 e. The lowest BCUT2D eigenvalue weighted by Gasteiger charge is -2.36. The molecular formula is C23H27N3O3. The van der Waals surface area contributed by atoms with Crippen LogP contribution in [0, 0.1) is 0 Å². The van der Waals surface area contributed by atoms with Crippen LogP contribution in [0.25, 0.3) is 0 Å². The highest BCUT2D eigenvalue weighted by Crippen LogP contribution is 2.20. The highest BCUT2D eigenvalue weighted by atomic mass is 16.5. The van der Waals surface area contributed by atoms with E-state index in [9.17, 15) is 9.59 Å². The number of rotatable bonds is 5. The van der Waals surface area contributed by atoms with Crippen LogP contribution in [0.5, 0.6) is 0 Å². The van der Waals surface area contributed by atoms with Crippen LogP contribution < -0.4 is 5.32 Å². The molecule has 0 unspecified atom stereocenters. The molecule has 2 saturated heterocycles. The van der Waals surface area contributed by atoms with Gasteiger partial charge in [-0.1, -0.05) is 30.3 Å². The standard InChI is InChI=1S/C23H27N3O3/c27-22(18-7-2-1-3-8-18)24-21-11-5-4-10-20(21)23(28)26-14-12-25(13-15-26)17-19-9-6-16-29-19/h1-5,7-8,10-11,19H,6,9,12-17H2,(H,24,27)/t19-/m0/s1. The van der Waals surface area contributed by atoms with Crippen LogP contribution in [-0.4, -0.2) is 67.0 Å². The normalized spacial score (nSPS) is 19.9. The third-order valence-electron chi connectivity index (χ3n) is 5.59. The monoisotopic (exact) mass is 393 g/mol. The van der Waals surface area contributed by atoms with Gasteiger partial charge < -0.3 is 15.0 Å². The van der Waals surface area contributed by atoms with Gasteiger partial charge in [0.25, 0.3) is 11.8 Å². The van der Waals surface area contributed by atoms with Crippen molar-refractivity contribution in [3.8, 4) is 0 Å². The predicted molar refractivity (Wildman–Crippen MR) is 112 cm³/mol. The van der Waals surface area contributed by atoms with E-state index in [-0.39, 0.29) is 11.8 Å². The second kappa shape index (κ2) is 9.20. The first-order chi connectivity index (χ1) is 14.2. The lowest BCUT2D eigenvalue weighted by atomic mass is 10.1. The molecule has 0 aromatic heterocycles. The molecule has 2 aromatic carbocycles. The lowest BCUT2D eigenvalue weighted by Crippen LogP contribution is -2.50. The van der Waals surface area contributed by atoms with Gasteiger partial charge >= 0.3 is 0 Å². The molecule has 0 aliphatic carbocycles. The Kier molecular flexibility index (Phi) is 6.22. The molecular weight excluding hydrogens is 366 g/mol. The summed E-state index contributed by atoms with van der Waals surface area (Å²) in [6.45, 7) is 4.90. The van der Waals surface area contributed by atoms with Crippen molar-refractivity contribution in [1.29, 1.82) is 0 Å². The number of hydrogen-bond acceptors (Lipinski definition) is 4. The Balaban J connectivity index is 1.38. The average molecular weight is 393 g/mol. The number of nitrogens with zero attached hydrogens (tertiary/aromatic N) is 2. The van der Waals surface area contributed by atoms with Crippen LogP contribution in [0.15, 0.2) is 54.6 Å². The van der Waals surface area contributed by atoms with Crippen molar-refractivity contribution >= 4 is 17.5 Å². The van der Waals surface area contributed by atoms with E-state index < -0.39 is 0 Å². The largest absolute Gasteiger partial charge is 0.377 e. The molecule has 2 aromatic rings. The van der Waals surface area contributed by atoms with E-state index in [1.165, 1.54) is 0 Å². The van der Waals surface area contributed by atoms with E-state index >= 15 is 0 Å². The van der Waals surface area contributed by atoms with Crippen LogP contribution in [0.4, 0.5) is 5.69 Å². The van der Waals surface area contributed by atoms with Crippen LogP contribution in [0.1, 0.15) is 33.6 Å². The first-order valence-electron chi connectivity index (χ1n) is 10.3. The van der Waals surface area contributed by atoms with Crippen molar-refractivity contribution < 1.29 is 14.3 Å². The van der Waals surface area contributed by atoms with E-state index in [0.29, 0.717) is 36.0 Å². The molecule has 0 saturated carbocycles. The third kappa shape index (κ3) is 4.83. The van der Waals surface area contributed by atoms with Crippen LogP contribution in [-0.2, 0) is 4.74 Å². The van der Waals surface area contributed by atoms with Crippen LogP contribution >= 0.6 is 0 Å². The third-order valence-corrected chi connectivity index (χ3v) is 5.59.